The number of nitrogens with two attached hydrogens (primary N) is 1. The molecule has 182 valence electrons. The second-order valence-corrected chi connectivity index (χ2v) is 8.29. The van der Waals surface area contributed by atoms with E-state index in [4.69, 9.17) is 5.73 Å². The van der Waals surface area contributed by atoms with Crippen LogP contribution in [-0.2, 0) is 18.6 Å². The van der Waals surface area contributed by atoms with Crippen LogP contribution in [0, 0.1) is 17.6 Å². The zero-order valence-corrected chi connectivity index (χ0v) is 17.3. The van der Waals surface area contributed by atoms with Gasteiger partial charge in [0.25, 0.3) is 5.60 Å². The molecule has 1 heterocycles. The fraction of sp³-hybridized carbons (Fsp3) is 0.455. The molecule has 11 heteroatoms. The van der Waals surface area contributed by atoms with E-state index in [0.29, 0.717) is 50.0 Å². The molecule has 3 rings (SSSR count). The maximum atomic E-state index is 14.0. The molecule has 1 fully saturated rings. The summed E-state index contributed by atoms with van der Waals surface area (Å²) in [5.41, 5.74) is -0.458. The Morgan fingerprint density at radius 3 is 1.94 bits per heavy atom. The number of anilines is 1. The van der Waals surface area contributed by atoms with Crippen LogP contribution in [0.2, 0.25) is 0 Å². The topological polar surface area (TPSA) is 49.5 Å². The molecule has 0 aromatic heterocycles. The van der Waals surface area contributed by atoms with Crippen LogP contribution in [0.5, 0.6) is 0 Å². The first kappa shape index (κ1) is 25.2. The largest absolute Gasteiger partial charge is 0.430 e. The van der Waals surface area contributed by atoms with Crippen LogP contribution in [0.15, 0.2) is 36.4 Å². The number of nitrogens with zero attached hydrogens (tertiary/aromatic N) is 1. The van der Waals surface area contributed by atoms with Gasteiger partial charge < -0.3 is 10.8 Å². The third kappa shape index (κ3) is 5.24. The van der Waals surface area contributed by atoms with Crippen molar-refractivity contribution in [3.63, 3.8) is 0 Å². The molecule has 0 bridgehead atoms. The quantitative estimate of drug-likeness (QED) is 0.449. The number of piperidine rings is 1. The highest BCUT2D eigenvalue weighted by Crippen LogP contribution is 2.50. The van der Waals surface area contributed by atoms with Gasteiger partial charge in [-0.3, -0.25) is 4.90 Å². The van der Waals surface area contributed by atoms with Gasteiger partial charge in [-0.25, -0.2) is 8.78 Å². The third-order valence-electron chi connectivity index (χ3n) is 5.98. The fourth-order valence-corrected chi connectivity index (χ4v) is 4.02. The van der Waals surface area contributed by atoms with Crippen molar-refractivity contribution in [3.05, 3.63) is 64.7 Å². The summed E-state index contributed by atoms with van der Waals surface area (Å²) in [4.78, 5) is 1.96. The first-order valence-electron chi connectivity index (χ1n) is 10.1. The minimum atomic E-state index is -5.93. The number of hydrogen-bond donors (Lipinski definition) is 2. The number of aliphatic hydroxyl groups is 1. The molecule has 0 atom stereocenters. The van der Waals surface area contributed by atoms with Crippen LogP contribution in [0.25, 0.3) is 0 Å². The van der Waals surface area contributed by atoms with Crippen molar-refractivity contribution in [2.45, 2.75) is 43.8 Å². The number of benzene rings is 2. The van der Waals surface area contributed by atoms with Gasteiger partial charge in [0.05, 0.1) is 5.69 Å². The Morgan fingerprint density at radius 2 is 1.42 bits per heavy atom. The van der Waals surface area contributed by atoms with Crippen molar-refractivity contribution in [1.82, 2.24) is 4.90 Å². The smallest absolute Gasteiger partial charge is 0.396 e. The number of alkyl halides is 6. The number of nitrogen functional groups attached to an aromatic ring is 1. The van der Waals surface area contributed by atoms with Crippen LogP contribution in [0.3, 0.4) is 0 Å². The second-order valence-electron chi connectivity index (χ2n) is 8.29. The molecule has 0 unspecified atom stereocenters. The molecule has 1 aliphatic rings. The van der Waals surface area contributed by atoms with E-state index in [1.165, 1.54) is 0 Å². The number of rotatable bonds is 5. The molecule has 3 N–H and O–H groups in total. The lowest BCUT2D eigenvalue weighted by atomic mass is 9.89. The van der Waals surface area contributed by atoms with Gasteiger partial charge in [0.1, 0.15) is 11.6 Å². The Morgan fingerprint density at radius 1 is 0.879 bits per heavy atom. The number of likely N-dealkylation sites (tertiary alicyclic amines) is 1. The number of hydrogen-bond acceptors (Lipinski definition) is 3. The van der Waals surface area contributed by atoms with Crippen LogP contribution >= 0.6 is 0 Å². The summed E-state index contributed by atoms with van der Waals surface area (Å²) in [5.74, 6) is -1.17. The van der Waals surface area contributed by atoms with Crippen molar-refractivity contribution < 1.29 is 40.2 Å². The first-order valence-corrected chi connectivity index (χ1v) is 10.1. The highest BCUT2D eigenvalue weighted by molar-refractivity contribution is 5.42. The van der Waals surface area contributed by atoms with Crippen molar-refractivity contribution >= 4 is 5.69 Å². The molecular formula is C22H22F8N2O. The van der Waals surface area contributed by atoms with Gasteiger partial charge in [-0.05, 0) is 55.5 Å². The standard InChI is InChI=1S/C22H22F8N2O/c23-17-11-19(31)18(24)10-15(17)9-13-5-7-32(8-6-13)12-14-1-3-16(4-2-14)20(33,21(25,26)27)22(28,29)30/h1-4,10-11,13,33H,5-9,12,31H2. The second kappa shape index (κ2) is 9.09. The predicted octanol–water partition coefficient (Wildman–Crippen LogP) is 5.31. The number of halogens is 8. The molecule has 0 aliphatic carbocycles. The lowest BCUT2D eigenvalue weighted by molar-refractivity contribution is -0.376. The van der Waals surface area contributed by atoms with E-state index in [2.05, 4.69) is 0 Å². The summed E-state index contributed by atoms with van der Waals surface area (Å²) >= 11 is 0. The lowest BCUT2D eigenvalue weighted by Crippen LogP contribution is -2.53. The van der Waals surface area contributed by atoms with Crippen molar-refractivity contribution in [3.8, 4) is 0 Å². The average molecular weight is 482 g/mol. The molecular weight excluding hydrogens is 460 g/mol. The SMILES string of the molecule is Nc1cc(F)c(CC2CCN(Cc3ccc(C(O)(C(F)(F)F)C(F)(F)F)cc3)CC2)cc1F. The van der Waals surface area contributed by atoms with Gasteiger partial charge in [0, 0.05) is 18.2 Å². The van der Waals surface area contributed by atoms with Gasteiger partial charge >= 0.3 is 12.4 Å². The minimum Gasteiger partial charge on any atom is -0.396 e. The van der Waals surface area contributed by atoms with Crippen molar-refractivity contribution in [2.75, 3.05) is 18.8 Å². The summed E-state index contributed by atoms with van der Waals surface area (Å²) in [6.45, 7) is 1.43. The van der Waals surface area contributed by atoms with Gasteiger partial charge in [0.15, 0.2) is 0 Å². The monoisotopic (exact) mass is 482 g/mol. The van der Waals surface area contributed by atoms with E-state index in [1.54, 1.807) is 0 Å². The fourth-order valence-electron chi connectivity index (χ4n) is 4.02. The zero-order valence-electron chi connectivity index (χ0n) is 17.3. The van der Waals surface area contributed by atoms with E-state index in [9.17, 15) is 40.2 Å². The Balaban J connectivity index is 1.61. The van der Waals surface area contributed by atoms with E-state index in [-0.39, 0.29) is 23.7 Å². The maximum absolute atomic E-state index is 14.0. The Kier molecular flexibility index (Phi) is 6.95. The summed E-state index contributed by atoms with van der Waals surface area (Å²) in [6.07, 6.45) is -10.2. The van der Waals surface area contributed by atoms with Crippen LogP contribution < -0.4 is 5.73 Å². The van der Waals surface area contributed by atoms with E-state index < -0.39 is 35.2 Å². The Hall–Kier alpha value is -2.40. The minimum absolute atomic E-state index is 0.0923. The predicted molar refractivity (Wildman–Crippen MR) is 105 cm³/mol. The summed E-state index contributed by atoms with van der Waals surface area (Å²) in [6, 6.07) is 5.53. The van der Waals surface area contributed by atoms with Crippen LogP contribution in [0.4, 0.5) is 40.8 Å². The summed E-state index contributed by atoms with van der Waals surface area (Å²) in [7, 11) is 0. The van der Waals surface area contributed by atoms with Gasteiger partial charge in [-0.2, -0.15) is 26.3 Å². The van der Waals surface area contributed by atoms with E-state index in [0.717, 1.165) is 24.3 Å². The molecule has 1 aliphatic heterocycles. The molecule has 0 amide bonds. The van der Waals surface area contributed by atoms with Crippen molar-refractivity contribution in [2.24, 2.45) is 5.92 Å². The van der Waals surface area contributed by atoms with E-state index in [1.807, 2.05) is 4.90 Å². The normalized spacial score (nSPS) is 16.9. The molecule has 0 spiro atoms. The van der Waals surface area contributed by atoms with E-state index >= 15 is 0 Å². The lowest BCUT2D eigenvalue weighted by Gasteiger charge is -2.33. The third-order valence-corrected chi connectivity index (χ3v) is 5.98. The Labute approximate surface area is 184 Å². The van der Waals surface area contributed by atoms with Gasteiger partial charge in [-0.1, -0.05) is 24.3 Å². The molecule has 2 aromatic carbocycles. The summed E-state index contributed by atoms with van der Waals surface area (Å²) in [5, 5.41) is 9.45. The van der Waals surface area contributed by atoms with Gasteiger partial charge in [0.2, 0.25) is 0 Å². The van der Waals surface area contributed by atoms with Gasteiger partial charge in [-0.15, -0.1) is 0 Å². The summed E-state index contributed by atoms with van der Waals surface area (Å²) < 4.78 is 106. The molecule has 1 saturated heterocycles. The van der Waals surface area contributed by atoms with Crippen molar-refractivity contribution in [1.29, 1.82) is 0 Å². The molecule has 0 radical (unpaired) electrons. The maximum Gasteiger partial charge on any atom is 0.430 e. The molecule has 33 heavy (non-hydrogen) atoms. The Bertz CT molecular complexity index is 950. The van der Waals surface area contributed by atoms with Crippen LogP contribution in [0.1, 0.15) is 29.5 Å². The first-order chi connectivity index (χ1) is 15.2. The average Bonchev–Trinajstić information content (AvgIpc) is 2.72. The zero-order chi connectivity index (χ0) is 24.6. The van der Waals surface area contributed by atoms with Crippen LogP contribution in [-0.4, -0.2) is 35.4 Å². The molecule has 0 saturated carbocycles. The molecule has 2 aromatic rings. The highest BCUT2D eigenvalue weighted by Gasteiger charge is 2.71. The molecule has 3 nitrogen and oxygen atoms in total. The highest BCUT2D eigenvalue weighted by atomic mass is 19.4.